The first kappa shape index (κ1) is 28.9. The van der Waals surface area contributed by atoms with Crippen molar-refractivity contribution in [1.82, 2.24) is 4.90 Å². The maximum atomic E-state index is 12.2. The number of aliphatic imine (C=N–C) groups is 1. The summed E-state index contributed by atoms with van der Waals surface area (Å²) in [6.45, 7) is 8.91. The van der Waals surface area contributed by atoms with Crippen LogP contribution in [0.4, 0.5) is 16.2 Å². The third-order valence-corrected chi connectivity index (χ3v) is 5.65. The Hall–Kier alpha value is -4.70. The molecule has 7 heteroatoms. The number of carbonyl (C=O) groups is 1. The molecule has 0 radical (unpaired) electrons. The Balaban J connectivity index is 1.89. The minimum Gasteiger partial charge on any atom is -0.444 e. The van der Waals surface area contributed by atoms with Gasteiger partial charge in [0.05, 0.1) is 5.70 Å². The van der Waals surface area contributed by atoms with Gasteiger partial charge in [-0.25, -0.2) is 4.79 Å². The van der Waals surface area contributed by atoms with Gasteiger partial charge in [-0.2, -0.15) is 0 Å². The minimum absolute atomic E-state index is 0.156. The molecule has 202 valence electrons. The highest BCUT2D eigenvalue weighted by Crippen LogP contribution is 2.20. The number of amides is 1. The van der Waals surface area contributed by atoms with Crippen molar-refractivity contribution in [3.05, 3.63) is 107 Å². The van der Waals surface area contributed by atoms with Gasteiger partial charge < -0.3 is 20.7 Å². The molecule has 3 aromatic carbocycles. The highest BCUT2D eigenvalue weighted by atomic mass is 16.6. The summed E-state index contributed by atoms with van der Waals surface area (Å²) in [6, 6.07) is 27.7. The molecular formula is C32H37N5O2. The Morgan fingerprint density at radius 1 is 0.923 bits per heavy atom. The third-order valence-electron chi connectivity index (χ3n) is 5.65. The number of rotatable bonds is 9. The van der Waals surface area contributed by atoms with E-state index >= 15 is 0 Å². The first-order chi connectivity index (χ1) is 18.6. The maximum absolute atomic E-state index is 12.2. The van der Waals surface area contributed by atoms with Crippen LogP contribution >= 0.6 is 0 Å². The lowest BCUT2D eigenvalue weighted by molar-refractivity contribution is 0.0636. The summed E-state index contributed by atoms with van der Waals surface area (Å²) in [6.07, 6.45) is 4.99. The van der Waals surface area contributed by atoms with Crippen molar-refractivity contribution in [2.24, 2.45) is 10.7 Å². The van der Waals surface area contributed by atoms with E-state index in [-0.39, 0.29) is 6.54 Å². The minimum atomic E-state index is -0.600. The van der Waals surface area contributed by atoms with Crippen LogP contribution in [0.2, 0.25) is 0 Å². The molecule has 0 aromatic heterocycles. The number of nitrogens with one attached hydrogen (secondary N) is 2. The molecule has 39 heavy (non-hydrogen) atoms. The van der Waals surface area contributed by atoms with Gasteiger partial charge in [-0.05, 0) is 57.0 Å². The molecule has 0 aliphatic heterocycles. The lowest BCUT2D eigenvalue weighted by atomic mass is 10.1. The van der Waals surface area contributed by atoms with Crippen LogP contribution in [-0.2, 0) is 17.8 Å². The molecule has 0 aliphatic carbocycles. The fourth-order valence-corrected chi connectivity index (χ4v) is 3.79. The number of hydrogen-bond donors (Lipinski definition) is 3. The highest BCUT2D eigenvalue weighted by Gasteiger charge is 2.17. The van der Waals surface area contributed by atoms with Crippen LogP contribution < -0.4 is 16.4 Å². The van der Waals surface area contributed by atoms with E-state index in [1.807, 2.05) is 76.2 Å². The van der Waals surface area contributed by atoms with E-state index in [1.165, 1.54) is 0 Å². The van der Waals surface area contributed by atoms with Gasteiger partial charge in [0, 0.05) is 30.2 Å². The van der Waals surface area contributed by atoms with Crippen LogP contribution in [0, 0.1) is 12.3 Å². The van der Waals surface area contributed by atoms with Gasteiger partial charge in [0.2, 0.25) is 0 Å². The topological polar surface area (TPSA) is 92.0 Å². The molecule has 0 heterocycles. The molecular weight excluding hydrogens is 486 g/mol. The van der Waals surface area contributed by atoms with Crippen LogP contribution in [0.1, 0.15) is 38.8 Å². The Kier molecular flexibility index (Phi) is 10.2. The molecule has 0 fully saturated rings. The predicted molar refractivity (Wildman–Crippen MR) is 160 cm³/mol. The molecule has 0 bridgehead atoms. The summed E-state index contributed by atoms with van der Waals surface area (Å²) in [4.78, 5) is 19.0. The standard InChI is InChI=1S/C32H37N5O2/c1-6-20-34-30(35-27-18-13-19-28(21-27)36-31(38)39-32(3,4)5)29(33)24(2)37(22-25-14-9-7-10-15-25)23-26-16-11-8-12-17-26/h1,7-19,21H,20,22-23,33H2,2-5H3,(H,34,35)(H,36,38)/b29-24-. The van der Waals surface area contributed by atoms with Gasteiger partial charge in [0.25, 0.3) is 0 Å². The van der Waals surface area contributed by atoms with Crippen molar-refractivity contribution in [1.29, 1.82) is 0 Å². The monoisotopic (exact) mass is 523 g/mol. The van der Waals surface area contributed by atoms with Crippen molar-refractivity contribution < 1.29 is 9.53 Å². The Labute approximate surface area is 231 Å². The molecule has 1 amide bonds. The number of allylic oxidation sites excluding steroid dienone is 1. The van der Waals surface area contributed by atoms with E-state index in [0.29, 0.717) is 36.0 Å². The quantitative estimate of drug-likeness (QED) is 0.172. The summed E-state index contributed by atoms with van der Waals surface area (Å²) in [5.74, 6) is 3.00. The van der Waals surface area contributed by atoms with Crippen molar-refractivity contribution in [2.75, 3.05) is 17.2 Å². The zero-order valence-electron chi connectivity index (χ0n) is 23.1. The number of anilines is 2. The smallest absolute Gasteiger partial charge is 0.412 e. The first-order valence-electron chi connectivity index (χ1n) is 12.8. The predicted octanol–water partition coefficient (Wildman–Crippen LogP) is 6.37. The van der Waals surface area contributed by atoms with E-state index < -0.39 is 11.7 Å². The number of nitrogens with zero attached hydrogens (tertiary/aromatic N) is 2. The van der Waals surface area contributed by atoms with Crippen molar-refractivity contribution >= 4 is 23.3 Å². The number of amidine groups is 1. The number of terminal acetylenes is 1. The molecule has 3 aromatic rings. The molecule has 7 nitrogen and oxygen atoms in total. The summed E-state index contributed by atoms with van der Waals surface area (Å²) in [7, 11) is 0. The molecule has 0 saturated carbocycles. The van der Waals surface area contributed by atoms with Crippen molar-refractivity contribution in [3.8, 4) is 12.3 Å². The van der Waals surface area contributed by atoms with E-state index in [1.54, 1.807) is 12.1 Å². The molecule has 0 atom stereocenters. The number of carbonyl (C=O) groups excluding carboxylic acids is 1. The summed E-state index contributed by atoms with van der Waals surface area (Å²) in [5, 5.41) is 6.05. The second-order valence-electron chi connectivity index (χ2n) is 10.0. The summed E-state index contributed by atoms with van der Waals surface area (Å²) < 4.78 is 5.36. The Morgan fingerprint density at radius 3 is 1.97 bits per heavy atom. The van der Waals surface area contributed by atoms with E-state index in [0.717, 1.165) is 16.8 Å². The van der Waals surface area contributed by atoms with Crippen molar-refractivity contribution in [2.45, 2.75) is 46.4 Å². The van der Waals surface area contributed by atoms with Crippen LogP contribution in [-0.4, -0.2) is 29.0 Å². The fourth-order valence-electron chi connectivity index (χ4n) is 3.79. The van der Waals surface area contributed by atoms with Crippen LogP contribution in [0.15, 0.2) is 101 Å². The average molecular weight is 524 g/mol. The van der Waals surface area contributed by atoms with Crippen LogP contribution in [0.25, 0.3) is 0 Å². The summed E-state index contributed by atoms with van der Waals surface area (Å²) >= 11 is 0. The number of benzene rings is 3. The SMILES string of the molecule is C#CC/N=C(Nc1cccc(NC(=O)OC(C)(C)C)c1)\C(N)=C(/C)N(Cc1ccccc1)Cc1ccccc1. The Morgan fingerprint density at radius 2 is 1.46 bits per heavy atom. The van der Waals surface area contributed by atoms with Gasteiger partial charge in [-0.3, -0.25) is 10.3 Å². The molecule has 3 rings (SSSR count). The normalized spacial score (nSPS) is 12.1. The van der Waals surface area contributed by atoms with Crippen molar-refractivity contribution in [3.63, 3.8) is 0 Å². The molecule has 0 spiro atoms. The maximum Gasteiger partial charge on any atom is 0.412 e. The number of hydrogen-bond acceptors (Lipinski definition) is 5. The van der Waals surface area contributed by atoms with Gasteiger partial charge in [0.15, 0.2) is 5.84 Å². The van der Waals surface area contributed by atoms with Gasteiger partial charge in [0.1, 0.15) is 12.1 Å². The van der Waals surface area contributed by atoms with E-state index in [4.69, 9.17) is 16.9 Å². The summed E-state index contributed by atoms with van der Waals surface area (Å²) in [5.41, 5.74) is 11.0. The lowest BCUT2D eigenvalue weighted by Crippen LogP contribution is -2.30. The van der Waals surface area contributed by atoms with Gasteiger partial charge >= 0.3 is 6.09 Å². The highest BCUT2D eigenvalue weighted by molar-refractivity contribution is 6.08. The average Bonchev–Trinajstić information content (AvgIpc) is 2.90. The largest absolute Gasteiger partial charge is 0.444 e. The van der Waals surface area contributed by atoms with Gasteiger partial charge in [-0.15, -0.1) is 6.42 Å². The molecule has 0 unspecified atom stereocenters. The fraction of sp³-hybridized carbons (Fsp3) is 0.250. The zero-order chi connectivity index (χ0) is 28.3. The lowest BCUT2D eigenvalue weighted by Gasteiger charge is -2.28. The molecule has 4 N–H and O–H groups in total. The second-order valence-corrected chi connectivity index (χ2v) is 10.0. The second kappa shape index (κ2) is 13.7. The van der Waals surface area contributed by atoms with Crippen LogP contribution in [0.5, 0.6) is 0 Å². The third kappa shape index (κ3) is 9.60. The zero-order valence-corrected chi connectivity index (χ0v) is 23.1. The number of ether oxygens (including phenoxy) is 1. The van der Waals surface area contributed by atoms with Gasteiger partial charge in [-0.1, -0.05) is 72.7 Å². The number of nitrogens with two attached hydrogens (primary N) is 1. The molecule has 0 aliphatic rings. The first-order valence-corrected chi connectivity index (χ1v) is 12.8. The van der Waals surface area contributed by atoms with E-state index in [9.17, 15) is 4.79 Å². The Bertz CT molecular complexity index is 1290. The van der Waals surface area contributed by atoms with E-state index in [2.05, 4.69) is 50.7 Å². The molecule has 0 saturated heterocycles. The van der Waals surface area contributed by atoms with Crippen LogP contribution in [0.3, 0.4) is 0 Å².